The van der Waals surface area contributed by atoms with Crippen molar-refractivity contribution in [3.63, 3.8) is 0 Å². The van der Waals surface area contributed by atoms with Crippen LogP contribution in [0.3, 0.4) is 0 Å². The van der Waals surface area contributed by atoms with Gasteiger partial charge in [-0.3, -0.25) is 0 Å². The van der Waals surface area contributed by atoms with E-state index in [1.807, 2.05) is 0 Å². The molecule has 0 spiro atoms. The Hall–Kier alpha value is -1.88. The van der Waals surface area contributed by atoms with E-state index in [9.17, 15) is 0 Å². The summed E-state index contributed by atoms with van der Waals surface area (Å²) in [6.45, 7) is 10.3. The third kappa shape index (κ3) is 5.00. The van der Waals surface area contributed by atoms with Gasteiger partial charge in [0.05, 0.1) is 5.52 Å². The van der Waals surface area contributed by atoms with Crippen LogP contribution < -0.4 is 10.2 Å². The predicted molar refractivity (Wildman–Crippen MR) is 123 cm³/mol. The summed E-state index contributed by atoms with van der Waals surface area (Å²) < 4.78 is 0. The largest absolute Gasteiger partial charge is 0.356 e. The van der Waals surface area contributed by atoms with E-state index < -0.39 is 0 Å². The quantitative estimate of drug-likeness (QED) is 0.720. The number of fused-ring (bicyclic) bond motifs is 1. The highest BCUT2D eigenvalue weighted by molar-refractivity contribution is 5.90. The van der Waals surface area contributed by atoms with Gasteiger partial charge in [-0.2, -0.15) is 4.98 Å². The lowest BCUT2D eigenvalue weighted by Gasteiger charge is -2.24. The van der Waals surface area contributed by atoms with Crippen molar-refractivity contribution in [3.05, 3.63) is 24.3 Å². The molecular weight excluding hydrogens is 358 g/mol. The van der Waals surface area contributed by atoms with Gasteiger partial charge in [0.1, 0.15) is 5.82 Å². The summed E-state index contributed by atoms with van der Waals surface area (Å²) in [6, 6.07) is 8.93. The number of nitrogens with one attached hydrogen (secondary N) is 1. The number of anilines is 2. The SMILES string of the molecule is CCC(CC)CN1CC[C@H](Nc2nc(N3CCCCCC3)c3ccccc3n2)C1. The molecule has 0 radical (unpaired) electrons. The lowest BCUT2D eigenvalue weighted by Crippen LogP contribution is -2.31. The third-order valence-electron chi connectivity index (χ3n) is 6.77. The van der Waals surface area contributed by atoms with Crippen molar-refractivity contribution in [2.24, 2.45) is 5.92 Å². The van der Waals surface area contributed by atoms with Gasteiger partial charge in [0.15, 0.2) is 0 Å². The van der Waals surface area contributed by atoms with Crippen molar-refractivity contribution in [2.75, 3.05) is 42.9 Å². The molecular formula is C24H37N5. The molecule has 29 heavy (non-hydrogen) atoms. The summed E-state index contributed by atoms with van der Waals surface area (Å²) in [7, 11) is 0. The molecule has 0 bridgehead atoms. The molecule has 2 aromatic rings. The Bertz CT molecular complexity index is 780. The van der Waals surface area contributed by atoms with Gasteiger partial charge in [-0.25, -0.2) is 4.98 Å². The van der Waals surface area contributed by atoms with Gasteiger partial charge in [-0.15, -0.1) is 0 Å². The van der Waals surface area contributed by atoms with Crippen LogP contribution >= 0.6 is 0 Å². The molecule has 158 valence electrons. The molecule has 2 aliphatic rings. The van der Waals surface area contributed by atoms with E-state index in [1.54, 1.807) is 0 Å². The topological polar surface area (TPSA) is 44.3 Å². The fourth-order valence-electron chi connectivity index (χ4n) is 4.86. The Morgan fingerprint density at radius 1 is 1.00 bits per heavy atom. The standard InChI is InChI=1S/C24H37N5/c1-3-19(4-2)17-28-16-13-20(18-28)25-24-26-22-12-8-7-11-21(22)23(27-24)29-14-9-5-6-10-15-29/h7-8,11-12,19-20H,3-6,9-10,13-18H2,1-2H3,(H,25,26,27)/t20-/m0/s1. The lowest BCUT2D eigenvalue weighted by atomic mass is 10.0. The van der Waals surface area contributed by atoms with Crippen LogP contribution in [0.25, 0.3) is 10.9 Å². The van der Waals surface area contributed by atoms with Crippen LogP contribution in [0.4, 0.5) is 11.8 Å². The minimum Gasteiger partial charge on any atom is -0.356 e. The highest BCUT2D eigenvalue weighted by atomic mass is 15.3. The minimum atomic E-state index is 0.447. The monoisotopic (exact) mass is 395 g/mol. The summed E-state index contributed by atoms with van der Waals surface area (Å²) in [6.07, 6.45) is 8.91. The number of para-hydroxylation sites is 1. The number of likely N-dealkylation sites (tertiary alicyclic amines) is 1. The van der Waals surface area contributed by atoms with Crippen molar-refractivity contribution in [3.8, 4) is 0 Å². The first-order chi connectivity index (χ1) is 14.3. The number of hydrogen-bond donors (Lipinski definition) is 1. The van der Waals surface area contributed by atoms with Crippen molar-refractivity contribution >= 4 is 22.7 Å². The third-order valence-corrected chi connectivity index (χ3v) is 6.77. The van der Waals surface area contributed by atoms with Gasteiger partial charge in [-0.1, -0.05) is 51.7 Å². The summed E-state index contributed by atoms with van der Waals surface area (Å²) >= 11 is 0. The highest BCUT2D eigenvalue weighted by Crippen LogP contribution is 2.28. The average Bonchev–Trinajstić information content (AvgIpc) is 3.01. The van der Waals surface area contributed by atoms with Gasteiger partial charge >= 0.3 is 0 Å². The number of aromatic nitrogens is 2. The van der Waals surface area contributed by atoms with E-state index in [2.05, 4.69) is 53.2 Å². The number of benzene rings is 1. The van der Waals surface area contributed by atoms with Crippen molar-refractivity contribution in [1.82, 2.24) is 14.9 Å². The zero-order valence-electron chi connectivity index (χ0n) is 18.2. The Kier molecular flexibility index (Phi) is 6.86. The van der Waals surface area contributed by atoms with Crippen LogP contribution in [-0.2, 0) is 0 Å². The first-order valence-corrected chi connectivity index (χ1v) is 11.8. The van der Waals surface area contributed by atoms with Crippen LogP contribution in [0, 0.1) is 5.92 Å². The second kappa shape index (κ2) is 9.75. The zero-order chi connectivity index (χ0) is 20.1. The predicted octanol–water partition coefficient (Wildman–Crippen LogP) is 4.93. The fraction of sp³-hybridized carbons (Fsp3) is 0.667. The van der Waals surface area contributed by atoms with Crippen LogP contribution in [-0.4, -0.2) is 53.6 Å². The number of nitrogens with zero attached hydrogens (tertiary/aromatic N) is 4. The Balaban J connectivity index is 1.51. The minimum absolute atomic E-state index is 0.447. The van der Waals surface area contributed by atoms with Crippen LogP contribution in [0.15, 0.2) is 24.3 Å². The van der Waals surface area contributed by atoms with Crippen LogP contribution in [0.1, 0.15) is 58.8 Å². The summed E-state index contributed by atoms with van der Waals surface area (Å²) in [5, 5.41) is 4.86. The van der Waals surface area contributed by atoms with E-state index in [-0.39, 0.29) is 0 Å². The van der Waals surface area contributed by atoms with Crippen LogP contribution in [0.2, 0.25) is 0 Å². The second-order valence-corrected chi connectivity index (χ2v) is 8.86. The maximum Gasteiger partial charge on any atom is 0.225 e. The Morgan fingerprint density at radius 2 is 1.76 bits per heavy atom. The molecule has 2 saturated heterocycles. The molecule has 5 heteroatoms. The van der Waals surface area contributed by atoms with Gasteiger partial charge in [0, 0.05) is 44.2 Å². The van der Waals surface area contributed by atoms with E-state index in [0.717, 1.165) is 42.8 Å². The molecule has 3 heterocycles. The molecule has 0 amide bonds. The first kappa shape index (κ1) is 20.4. The average molecular weight is 396 g/mol. The summed E-state index contributed by atoms with van der Waals surface area (Å²) in [4.78, 5) is 15.0. The number of rotatable bonds is 7. The molecule has 4 rings (SSSR count). The van der Waals surface area contributed by atoms with Crippen LogP contribution in [0.5, 0.6) is 0 Å². The highest BCUT2D eigenvalue weighted by Gasteiger charge is 2.25. The van der Waals surface area contributed by atoms with Crippen molar-refractivity contribution in [2.45, 2.75) is 64.8 Å². The number of hydrogen-bond acceptors (Lipinski definition) is 5. The fourth-order valence-corrected chi connectivity index (χ4v) is 4.86. The molecule has 0 aliphatic carbocycles. The van der Waals surface area contributed by atoms with E-state index >= 15 is 0 Å². The Morgan fingerprint density at radius 3 is 2.52 bits per heavy atom. The normalized spacial score (nSPS) is 21.1. The maximum atomic E-state index is 5.03. The molecule has 1 N–H and O–H groups in total. The molecule has 1 aromatic carbocycles. The molecule has 2 aliphatic heterocycles. The van der Waals surface area contributed by atoms with Gasteiger partial charge in [0.25, 0.3) is 0 Å². The molecule has 0 saturated carbocycles. The molecule has 0 unspecified atom stereocenters. The molecule has 2 fully saturated rings. The van der Waals surface area contributed by atoms with Gasteiger partial charge in [-0.05, 0) is 37.3 Å². The lowest BCUT2D eigenvalue weighted by molar-refractivity contribution is 0.267. The summed E-state index contributed by atoms with van der Waals surface area (Å²) in [5.74, 6) is 2.74. The van der Waals surface area contributed by atoms with E-state index in [0.29, 0.717) is 6.04 Å². The smallest absolute Gasteiger partial charge is 0.225 e. The van der Waals surface area contributed by atoms with Crippen molar-refractivity contribution in [1.29, 1.82) is 0 Å². The van der Waals surface area contributed by atoms with Gasteiger partial charge in [0.2, 0.25) is 5.95 Å². The molecule has 1 aromatic heterocycles. The summed E-state index contributed by atoms with van der Waals surface area (Å²) in [5.41, 5.74) is 1.05. The molecule has 5 nitrogen and oxygen atoms in total. The van der Waals surface area contributed by atoms with Crippen molar-refractivity contribution < 1.29 is 0 Å². The van der Waals surface area contributed by atoms with E-state index in [1.165, 1.54) is 63.4 Å². The first-order valence-electron chi connectivity index (χ1n) is 11.8. The zero-order valence-corrected chi connectivity index (χ0v) is 18.2. The second-order valence-electron chi connectivity index (χ2n) is 8.86. The Labute approximate surface area is 175 Å². The molecule has 1 atom stereocenters. The maximum absolute atomic E-state index is 5.03. The van der Waals surface area contributed by atoms with Gasteiger partial charge < -0.3 is 15.1 Å². The van der Waals surface area contributed by atoms with E-state index in [4.69, 9.17) is 9.97 Å².